The number of allylic oxidation sites excluding steroid dienone is 16. The van der Waals surface area contributed by atoms with Crippen LogP contribution in [0.2, 0.25) is 0 Å². The van der Waals surface area contributed by atoms with Crippen molar-refractivity contribution in [2.75, 3.05) is 19.8 Å². The van der Waals surface area contributed by atoms with Crippen LogP contribution in [0.25, 0.3) is 0 Å². The highest BCUT2D eigenvalue weighted by molar-refractivity contribution is 5.70. The lowest BCUT2D eigenvalue weighted by Gasteiger charge is -2.18. The van der Waals surface area contributed by atoms with Gasteiger partial charge in [0.15, 0.2) is 6.10 Å². The van der Waals surface area contributed by atoms with Gasteiger partial charge in [-0.1, -0.05) is 201 Å². The van der Waals surface area contributed by atoms with E-state index in [2.05, 4.69) is 118 Å². The molecular weight excluding hydrogens is 789 g/mol. The smallest absolute Gasteiger partial charge is 0.306 e. The molecule has 0 aliphatic carbocycles. The molecule has 0 rings (SSSR count). The van der Waals surface area contributed by atoms with E-state index in [1.54, 1.807) is 0 Å². The third-order valence-electron chi connectivity index (χ3n) is 11.1. The lowest BCUT2D eigenvalue weighted by Crippen LogP contribution is -2.30. The Bertz CT molecular complexity index is 1230. The number of carbonyl (C=O) groups is 2. The first-order valence-electron chi connectivity index (χ1n) is 26.8. The van der Waals surface area contributed by atoms with Crippen LogP contribution in [0.4, 0.5) is 0 Å². The topological polar surface area (TPSA) is 61.8 Å². The van der Waals surface area contributed by atoms with Gasteiger partial charge in [0.25, 0.3) is 0 Å². The zero-order valence-electron chi connectivity index (χ0n) is 42.0. The van der Waals surface area contributed by atoms with Gasteiger partial charge in [-0.15, -0.1) is 0 Å². The van der Waals surface area contributed by atoms with Crippen molar-refractivity contribution in [3.05, 3.63) is 97.2 Å². The molecule has 0 spiro atoms. The Morgan fingerprint density at radius 1 is 0.359 bits per heavy atom. The molecule has 1 atom stereocenters. The standard InChI is InChI=1S/C59H100O5/c1-4-7-10-13-16-19-22-25-27-29-30-31-32-35-37-40-43-46-49-52-58(60)63-56-57(64-59(61)53-50-47-44-41-38-34-24-21-18-15-12-9-6-3)55-62-54-51-48-45-42-39-36-33-28-26-23-20-17-14-11-8-5-2/h7,10,16-17,19-21,24-28,30-31,35,37,57H,4-6,8-9,11-15,18,22-23,29,32-34,36,38-56H2,1-3H3/b10-7-,19-16-,20-17-,24-21-,27-25-,28-26-,31-30-,37-35-. The highest BCUT2D eigenvalue weighted by atomic mass is 16.6. The molecule has 0 aromatic carbocycles. The molecule has 0 saturated carbocycles. The van der Waals surface area contributed by atoms with Crippen LogP contribution in [-0.4, -0.2) is 37.9 Å². The summed E-state index contributed by atoms with van der Waals surface area (Å²) >= 11 is 0. The second kappa shape index (κ2) is 54.2. The number of esters is 2. The van der Waals surface area contributed by atoms with E-state index < -0.39 is 6.10 Å². The number of rotatable bonds is 48. The molecule has 0 saturated heterocycles. The highest BCUT2D eigenvalue weighted by Crippen LogP contribution is 2.13. The Labute approximate surface area is 396 Å². The van der Waals surface area contributed by atoms with Crippen molar-refractivity contribution in [3.63, 3.8) is 0 Å². The Hall–Kier alpha value is -3.18. The lowest BCUT2D eigenvalue weighted by molar-refractivity contribution is -0.163. The maximum atomic E-state index is 12.8. The Morgan fingerprint density at radius 3 is 1.19 bits per heavy atom. The van der Waals surface area contributed by atoms with Crippen LogP contribution in [0.3, 0.4) is 0 Å². The van der Waals surface area contributed by atoms with Crippen molar-refractivity contribution in [1.82, 2.24) is 0 Å². The monoisotopic (exact) mass is 889 g/mol. The van der Waals surface area contributed by atoms with E-state index in [9.17, 15) is 9.59 Å². The molecule has 0 radical (unpaired) electrons. The summed E-state index contributed by atoms with van der Waals surface area (Å²) in [4.78, 5) is 25.4. The summed E-state index contributed by atoms with van der Waals surface area (Å²) in [7, 11) is 0. The summed E-state index contributed by atoms with van der Waals surface area (Å²) in [5.41, 5.74) is 0. The van der Waals surface area contributed by atoms with Gasteiger partial charge in [-0.05, 0) is 122 Å². The first-order chi connectivity index (χ1) is 31.6. The SMILES string of the molecule is CC/C=C\C/C=C\C/C=C\C/C=C\C/C=C\CCCCCC(=O)OCC(COCCCCCCCC/C=C\C/C=C\CCCCC)OC(=O)CCCCCCC/C=C\CCCCCC. The van der Waals surface area contributed by atoms with Crippen molar-refractivity contribution >= 4 is 11.9 Å². The molecule has 0 aromatic rings. The van der Waals surface area contributed by atoms with Crippen molar-refractivity contribution < 1.29 is 23.8 Å². The van der Waals surface area contributed by atoms with Crippen LogP contribution in [0.5, 0.6) is 0 Å². The second-order valence-corrected chi connectivity index (χ2v) is 17.4. The molecule has 0 aliphatic rings. The molecule has 0 amide bonds. The zero-order valence-corrected chi connectivity index (χ0v) is 42.0. The summed E-state index contributed by atoms with van der Waals surface area (Å²) in [6, 6.07) is 0. The fourth-order valence-electron chi connectivity index (χ4n) is 7.09. The van der Waals surface area contributed by atoms with Crippen molar-refractivity contribution in [2.24, 2.45) is 0 Å². The molecule has 0 aliphatic heterocycles. The number of hydrogen-bond acceptors (Lipinski definition) is 5. The third-order valence-corrected chi connectivity index (χ3v) is 11.1. The molecule has 0 bridgehead atoms. The van der Waals surface area contributed by atoms with E-state index in [1.807, 2.05) is 0 Å². The summed E-state index contributed by atoms with van der Waals surface area (Å²) in [6.45, 7) is 7.61. The zero-order chi connectivity index (χ0) is 46.3. The van der Waals surface area contributed by atoms with E-state index in [0.29, 0.717) is 19.4 Å². The van der Waals surface area contributed by atoms with Gasteiger partial charge in [-0.25, -0.2) is 0 Å². The van der Waals surface area contributed by atoms with Crippen LogP contribution in [0.15, 0.2) is 97.2 Å². The van der Waals surface area contributed by atoms with Crippen LogP contribution in [-0.2, 0) is 23.8 Å². The molecule has 0 N–H and O–H groups in total. The van der Waals surface area contributed by atoms with Crippen LogP contribution < -0.4 is 0 Å². The molecule has 366 valence electrons. The van der Waals surface area contributed by atoms with Crippen molar-refractivity contribution in [2.45, 2.75) is 245 Å². The van der Waals surface area contributed by atoms with Crippen LogP contribution in [0, 0.1) is 0 Å². The first-order valence-corrected chi connectivity index (χ1v) is 26.8. The maximum absolute atomic E-state index is 12.8. The summed E-state index contributed by atoms with van der Waals surface area (Å²) in [6.07, 6.45) is 72.7. The predicted molar refractivity (Wildman–Crippen MR) is 279 cm³/mol. The van der Waals surface area contributed by atoms with Gasteiger partial charge in [-0.2, -0.15) is 0 Å². The van der Waals surface area contributed by atoms with Gasteiger partial charge in [0.1, 0.15) is 6.61 Å². The minimum absolute atomic E-state index is 0.0560. The highest BCUT2D eigenvalue weighted by Gasteiger charge is 2.17. The third kappa shape index (κ3) is 51.5. The molecule has 64 heavy (non-hydrogen) atoms. The molecular formula is C59H100O5. The van der Waals surface area contributed by atoms with Crippen molar-refractivity contribution in [1.29, 1.82) is 0 Å². The number of ether oxygens (including phenoxy) is 3. The summed E-state index contributed by atoms with van der Waals surface area (Å²) in [5, 5.41) is 0. The Morgan fingerprint density at radius 2 is 0.703 bits per heavy atom. The Kier molecular flexibility index (Phi) is 51.5. The predicted octanol–water partition coefficient (Wildman–Crippen LogP) is 18.2. The second-order valence-electron chi connectivity index (χ2n) is 17.4. The van der Waals surface area contributed by atoms with E-state index in [1.165, 1.54) is 103 Å². The number of unbranched alkanes of at least 4 members (excludes halogenated alkanes) is 21. The van der Waals surface area contributed by atoms with E-state index in [0.717, 1.165) is 103 Å². The summed E-state index contributed by atoms with van der Waals surface area (Å²) in [5.74, 6) is -0.452. The van der Waals surface area contributed by atoms with Crippen LogP contribution >= 0.6 is 0 Å². The molecule has 0 aromatic heterocycles. The largest absolute Gasteiger partial charge is 0.462 e. The average Bonchev–Trinajstić information content (AvgIpc) is 3.30. The normalized spacial score (nSPS) is 13.0. The molecule has 0 heterocycles. The fourth-order valence-corrected chi connectivity index (χ4v) is 7.09. The Balaban J connectivity index is 4.36. The van der Waals surface area contributed by atoms with Crippen LogP contribution in [0.1, 0.15) is 239 Å². The van der Waals surface area contributed by atoms with E-state index in [4.69, 9.17) is 14.2 Å². The van der Waals surface area contributed by atoms with Gasteiger partial charge in [-0.3, -0.25) is 9.59 Å². The lowest BCUT2D eigenvalue weighted by atomic mass is 10.1. The molecule has 0 fully saturated rings. The molecule has 1 unspecified atom stereocenters. The minimum atomic E-state index is -0.565. The van der Waals surface area contributed by atoms with Gasteiger partial charge >= 0.3 is 11.9 Å². The van der Waals surface area contributed by atoms with E-state index >= 15 is 0 Å². The molecule has 5 heteroatoms. The first kappa shape index (κ1) is 60.8. The quantitative estimate of drug-likeness (QED) is 0.0346. The molecule has 5 nitrogen and oxygen atoms in total. The van der Waals surface area contributed by atoms with Gasteiger partial charge in [0, 0.05) is 19.4 Å². The van der Waals surface area contributed by atoms with Gasteiger partial charge in [0.2, 0.25) is 0 Å². The van der Waals surface area contributed by atoms with Gasteiger partial charge < -0.3 is 14.2 Å². The fraction of sp³-hybridized carbons (Fsp3) is 0.695. The average molecular weight is 889 g/mol. The summed E-state index contributed by atoms with van der Waals surface area (Å²) < 4.78 is 17.4. The number of carbonyl (C=O) groups excluding carboxylic acids is 2. The minimum Gasteiger partial charge on any atom is -0.462 e. The van der Waals surface area contributed by atoms with Crippen molar-refractivity contribution in [3.8, 4) is 0 Å². The van der Waals surface area contributed by atoms with Gasteiger partial charge in [0.05, 0.1) is 6.61 Å². The van der Waals surface area contributed by atoms with E-state index in [-0.39, 0.29) is 25.2 Å². The maximum Gasteiger partial charge on any atom is 0.306 e. The number of hydrogen-bond donors (Lipinski definition) is 0.